The Hall–Kier alpha value is -2.92. The van der Waals surface area contributed by atoms with Crippen molar-refractivity contribution in [2.75, 3.05) is 27.2 Å². The molecule has 1 saturated heterocycles. The summed E-state index contributed by atoms with van der Waals surface area (Å²) >= 11 is 0. The van der Waals surface area contributed by atoms with Crippen molar-refractivity contribution in [1.29, 1.82) is 0 Å². The van der Waals surface area contributed by atoms with E-state index in [1.165, 1.54) is 4.90 Å². The first-order valence-corrected chi connectivity index (χ1v) is 9.59. The number of carbonyl (C=O) groups excluding carboxylic acids is 2. The van der Waals surface area contributed by atoms with Crippen molar-refractivity contribution in [3.05, 3.63) is 76.9 Å². The van der Waals surface area contributed by atoms with Gasteiger partial charge in [0.05, 0.1) is 32.3 Å². The predicted octanol–water partition coefficient (Wildman–Crippen LogP) is 1.95. The highest BCUT2D eigenvalue weighted by Crippen LogP contribution is 2.39. The van der Waals surface area contributed by atoms with E-state index in [9.17, 15) is 14.7 Å². The van der Waals surface area contributed by atoms with E-state index in [4.69, 9.17) is 0 Å². The number of nitrogens with zero attached hydrogens (tertiary/aromatic N) is 1. The number of aliphatic hydroxyl groups excluding tert-OH is 1. The molecule has 1 amide bonds. The lowest BCUT2D eigenvalue weighted by Crippen LogP contribution is -3.05. The molecule has 0 saturated carbocycles. The van der Waals surface area contributed by atoms with Crippen LogP contribution in [0.5, 0.6) is 0 Å². The second-order valence-electron chi connectivity index (χ2n) is 7.58. The number of hydrogen-bond acceptors (Lipinski definition) is 3. The summed E-state index contributed by atoms with van der Waals surface area (Å²) < 4.78 is 0. The van der Waals surface area contributed by atoms with Crippen molar-refractivity contribution in [1.82, 2.24) is 4.90 Å². The highest BCUT2D eigenvalue weighted by molar-refractivity contribution is 6.46. The number of ketones is 1. The molecule has 2 aromatic rings. The van der Waals surface area contributed by atoms with E-state index in [-0.39, 0.29) is 11.3 Å². The Labute approximate surface area is 165 Å². The standard InChI is InChI=1S/C23H26N2O3/c1-16-10-12-17(13-11-16)20-19(21(26)18-8-5-4-6-9-18)22(27)23(28)25(20)15-7-14-24(2)3/h4-6,8-13,20,26H,7,14-15H2,1-3H3/p+1/t20-/m0/s1. The maximum atomic E-state index is 12.9. The molecule has 2 N–H and O–H groups in total. The van der Waals surface area contributed by atoms with Gasteiger partial charge < -0.3 is 14.9 Å². The minimum atomic E-state index is -0.621. The number of nitrogens with one attached hydrogen (secondary N) is 1. The van der Waals surface area contributed by atoms with E-state index in [0.717, 1.165) is 24.1 Å². The Bertz CT molecular complexity index is 886. The molecule has 1 aliphatic heterocycles. The summed E-state index contributed by atoms with van der Waals surface area (Å²) in [5, 5.41) is 10.9. The minimum absolute atomic E-state index is 0.120. The van der Waals surface area contributed by atoms with Crippen LogP contribution in [-0.2, 0) is 9.59 Å². The van der Waals surface area contributed by atoms with Gasteiger partial charge in [-0.2, -0.15) is 0 Å². The van der Waals surface area contributed by atoms with Gasteiger partial charge in [0.15, 0.2) is 0 Å². The van der Waals surface area contributed by atoms with E-state index in [1.54, 1.807) is 29.2 Å². The second kappa shape index (κ2) is 8.40. The molecule has 5 heteroatoms. The van der Waals surface area contributed by atoms with E-state index < -0.39 is 17.7 Å². The van der Waals surface area contributed by atoms with Crippen LogP contribution >= 0.6 is 0 Å². The second-order valence-corrected chi connectivity index (χ2v) is 7.58. The van der Waals surface area contributed by atoms with Gasteiger partial charge in [0.2, 0.25) is 0 Å². The van der Waals surface area contributed by atoms with Gasteiger partial charge in [-0.25, -0.2) is 0 Å². The molecule has 0 bridgehead atoms. The number of rotatable bonds is 6. The van der Waals surface area contributed by atoms with Crippen LogP contribution in [-0.4, -0.2) is 48.9 Å². The molecule has 28 heavy (non-hydrogen) atoms. The average Bonchev–Trinajstić information content (AvgIpc) is 2.93. The SMILES string of the molecule is Cc1ccc([C@H]2C(=C(O)c3ccccc3)C(=O)C(=O)N2CCC[NH+](C)C)cc1. The fraction of sp³-hybridized carbons (Fsp3) is 0.304. The van der Waals surface area contributed by atoms with Gasteiger partial charge in [-0.1, -0.05) is 60.2 Å². The molecule has 0 spiro atoms. The lowest BCUT2D eigenvalue weighted by atomic mass is 9.94. The number of aliphatic hydroxyl groups is 1. The van der Waals surface area contributed by atoms with Gasteiger partial charge in [-0.15, -0.1) is 0 Å². The molecule has 0 aromatic heterocycles. The van der Waals surface area contributed by atoms with E-state index in [0.29, 0.717) is 12.1 Å². The molecular weight excluding hydrogens is 352 g/mol. The van der Waals surface area contributed by atoms with Crippen LogP contribution in [0.15, 0.2) is 60.2 Å². The van der Waals surface area contributed by atoms with Crippen LogP contribution in [0.4, 0.5) is 0 Å². The van der Waals surface area contributed by atoms with Gasteiger partial charge >= 0.3 is 0 Å². The molecule has 0 unspecified atom stereocenters. The highest BCUT2D eigenvalue weighted by Gasteiger charge is 2.45. The summed E-state index contributed by atoms with van der Waals surface area (Å²) in [5.41, 5.74) is 2.63. The lowest BCUT2D eigenvalue weighted by Gasteiger charge is -2.25. The quantitative estimate of drug-likeness (QED) is 0.458. The van der Waals surface area contributed by atoms with Crippen molar-refractivity contribution in [2.24, 2.45) is 0 Å². The summed E-state index contributed by atoms with van der Waals surface area (Å²) in [5.74, 6) is -1.29. The number of likely N-dealkylation sites (tertiary alicyclic amines) is 1. The zero-order chi connectivity index (χ0) is 20.3. The van der Waals surface area contributed by atoms with Crippen molar-refractivity contribution in [3.8, 4) is 0 Å². The number of quaternary nitrogens is 1. The van der Waals surface area contributed by atoms with Crippen molar-refractivity contribution in [3.63, 3.8) is 0 Å². The van der Waals surface area contributed by atoms with E-state index >= 15 is 0 Å². The zero-order valence-electron chi connectivity index (χ0n) is 16.6. The van der Waals surface area contributed by atoms with Crippen LogP contribution in [0, 0.1) is 6.92 Å². The average molecular weight is 379 g/mol. The first-order chi connectivity index (χ1) is 13.4. The maximum Gasteiger partial charge on any atom is 0.295 e. The fourth-order valence-corrected chi connectivity index (χ4v) is 3.56. The number of benzene rings is 2. The van der Waals surface area contributed by atoms with Gasteiger partial charge in [-0.3, -0.25) is 9.59 Å². The molecule has 1 heterocycles. The molecule has 146 valence electrons. The third-order valence-corrected chi connectivity index (χ3v) is 5.06. The maximum absolute atomic E-state index is 12.9. The molecule has 1 aliphatic rings. The first-order valence-electron chi connectivity index (χ1n) is 9.59. The first kappa shape index (κ1) is 19.8. The Balaban J connectivity index is 2.07. The molecule has 1 fully saturated rings. The van der Waals surface area contributed by atoms with Crippen molar-refractivity contribution >= 4 is 17.4 Å². The monoisotopic (exact) mass is 379 g/mol. The predicted molar refractivity (Wildman–Crippen MR) is 109 cm³/mol. The topological polar surface area (TPSA) is 62.0 Å². The molecule has 2 aromatic carbocycles. The van der Waals surface area contributed by atoms with Crippen molar-refractivity contribution < 1.29 is 19.6 Å². The minimum Gasteiger partial charge on any atom is -0.507 e. The van der Waals surface area contributed by atoms with Crippen LogP contribution in [0.3, 0.4) is 0 Å². The van der Waals surface area contributed by atoms with Crippen molar-refractivity contribution in [2.45, 2.75) is 19.4 Å². The third-order valence-electron chi connectivity index (χ3n) is 5.06. The molecule has 1 atom stereocenters. The largest absolute Gasteiger partial charge is 0.507 e. The third kappa shape index (κ3) is 3.99. The highest BCUT2D eigenvalue weighted by atomic mass is 16.3. The van der Waals surface area contributed by atoms with Crippen LogP contribution in [0.25, 0.3) is 5.76 Å². The normalized spacial score (nSPS) is 18.9. The summed E-state index contributed by atoms with van der Waals surface area (Å²) in [6.07, 6.45) is 0.781. The van der Waals surface area contributed by atoms with Gasteiger partial charge in [-0.05, 0) is 12.5 Å². The van der Waals surface area contributed by atoms with Crippen LogP contribution < -0.4 is 4.90 Å². The fourth-order valence-electron chi connectivity index (χ4n) is 3.56. The number of carbonyl (C=O) groups is 2. The lowest BCUT2D eigenvalue weighted by molar-refractivity contribution is -0.858. The van der Waals surface area contributed by atoms with E-state index in [2.05, 4.69) is 14.1 Å². The summed E-state index contributed by atoms with van der Waals surface area (Å²) in [4.78, 5) is 28.6. The van der Waals surface area contributed by atoms with Gasteiger partial charge in [0.25, 0.3) is 11.7 Å². The Morgan fingerprint density at radius 2 is 1.68 bits per heavy atom. The van der Waals surface area contributed by atoms with E-state index in [1.807, 2.05) is 37.3 Å². The number of amides is 1. The summed E-state index contributed by atoms with van der Waals surface area (Å²) in [6, 6.07) is 16.1. The summed E-state index contributed by atoms with van der Waals surface area (Å²) in [6.45, 7) is 3.35. The smallest absolute Gasteiger partial charge is 0.295 e. The molecule has 0 aliphatic carbocycles. The number of hydrogen-bond donors (Lipinski definition) is 2. The molecule has 0 radical (unpaired) electrons. The molecule has 5 nitrogen and oxygen atoms in total. The molecular formula is C23H27N2O3+. The summed E-state index contributed by atoms with van der Waals surface area (Å²) in [7, 11) is 4.11. The van der Waals surface area contributed by atoms with Gasteiger partial charge in [0.1, 0.15) is 5.76 Å². The van der Waals surface area contributed by atoms with Crippen LogP contribution in [0.1, 0.15) is 29.2 Å². The van der Waals surface area contributed by atoms with Gasteiger partial charge in [0, 0.05) is 18.5 Å². The Kier molecular flexibility index (Phi) is 5.95. The molecule has 3 rings (SSSR count). The number of Topliss-reactive ketones (excluding diaryl/α,β-unsaturated/α-hetero) is 1. The zero-order valence-corrected chi connectivity index (χ0v) is 16.6. The Morgan fingerprint density at radius 1 is 1.04 bits per heavy atom. The van der Waals surface area contributed by atoms with Crippen LogP contribution in [0.2, 0.25) is 0 Å². The Morgan fingerprint density at radius 3 is 2.29 bits per heavy atom. The number of aryl methyl sites for hydroxylation is 1.